The van der Waals surface area contributed by atoms with E-state index in [0.717, 1.165) is 0 Å². The van der Waals surface area contributed by atoms with E-state index in [2.05, 4.69) is 20.9 Å². The summed E-state index contributed by atoms with van der Waals surface area (Å²) in [5.74, 6) is 0. The smallest absolute Gasteiger partial charge is 0.105 e. The highest BCUT2D eigenvalue weighted by Crippen LogP contribution is 2.11. The summed E-state index contributed by atoms with van der Waals surface area (Å²) in [5, 5.41) is 0. The summed E-state index contributed by atoms with van der Waals surface area (Å²) in [6.45, 7) is 0. The first-order valence-electron chi connectivity index (χ1n) is 5.06. The number of imidazole rings is 1. The zero-order chi connectivity index (χ0) is 11.3. The maximum Gasteiger partial charge on any atom is 0.105 e. The van der Waals surface area contributed by atoms with Gasteiger partial charge >= 0.3 is 0 Å². The quantitative estimate of drug-likeness (QED) is 0.598. The molecule has 0 aliphatic carbocycles. The van der Waals surface area contributed by atoms with Crippen LogP contribution in [0.5, 0.6) is 0 Å². The molecular formula is C7H5BrN2. The number of hydrogen-bond acceptors (Lipinski definition) is 1. The van der Waals surface area contributed by atoms with Gasteiger partial charge < -0.3 is 0 Å². The summed E-state index contributed by atoms with van der Waals surface area (Å²) >= 11 is 3.06. The normalized spacial score (nSPS) is 17.5. The maximum absolute atomic E-state index is 7.59. The van der Waals surface area contributed by atoms with Crippen molar-refractivity contribution in [1.29, 1.82) is 0 Å². The molecule has 0 fully saturated rings. The Kier molecular flexibility index (Phi) is 0.556. The molecule has 0 aromatic carbocycles. The maximum atomic E-state index is 7.59. The van der Waals surface area contributed by atoms with Crippen LogP contribution in [-0.2, 0) is 0 Å². The molecule has 0 saturated heterocycles. The molecule has 2 rings (SSSR count). The number of fused-ring (bicyclic) bond motifs is 1. The highest BCUT2D eigenvalue weighted by molar-refractivity contribution is 9.10. The monoisotopic (exact) mass is 201 g/mol. The molecule has 2 heterocycles. The van der Waals surface area contributed by atoms with Crippen molar-refractivity contribution in [2.24, 2.45) is 0 Å². The molecule has 0 amide bonds. The first-order chi connectivity index (χ1) is 6.95. The SMILES string of the molecule is [2H]c1c([2H])c(Br)n2c([2H])nc([2H])c2c1[2H]. The number of rotatable bonds is 0. The Bertz CT molecular complexity index is 516. The summed E-state index contributed by atoms with van der Waals surface area (Å²) in [6.07, 6.45) is -0.442. The number of aromatic nitrogens is 2. The number of hydrogen-bond donors (Lipinski definition) is 0. The van der Waals surface area contributed by atoms with E-state index in [1.165, 1.54) is 4.40 Å². The Morgan fingerprint density at radius 2 is 2.50 bits per heavy atom. The van der Waals surface area contributed by atoms with Gasteiger partial charge in [-0.3, -0.25) is 4.40 Å². The van der Waals surface area contributed by atoms with Crippen LogP contribution in [0.25, 0.3) is 5.52 Å². The van der Waals surface area contributed by atoms with Gasteiger partial charge in [-0.15, -0.1) is 0 Å². The lowest BCUT2D eigenvalue weighted by atomic mass is 10.4. The molecule has 0 saturated carbocycles. The summed E-state index contributed by atoms with van der Waals surface area (Å²) < 4.78 is 38.9. The van der Waals surface area contributed by atoms with Gasteiger partial charge in [0, 0.05) is 0 Å². The molecule has 0 atom stereocenters. The van der Waals surface area contributed by atoms with Crippen LogP contribution in [0.15, 0.2) is 35.2 Å². The first-order valence-corrected chi connectivity index (χ1v) is 3.35. The molecule has 2 nitrogen and oxygen atoms in total. The van der Waals surface area contributed by atoms with E-state index in [9.17, 15) is 0 Å². The van der Waals surface area contributed by atoms with Crippen LogP contribution in [0.2, 0.25) is 0 Å². The lowest BCUT2D eigenvalue weighted by Gasteiger charge is -1.93. The summed E-state index contributed by atoms with van der Waals surface area (Å²) in [7, 11) is 0. The first kappa shape index (κ1) is 2.66. The second-order valence-corrected chi connectivity index (χ2v) is 2.42. The molecular weight excluding hydrogens is 192 g/mol. The fourth-order valence-corrected chi connectivity index (χ4v) is 1.01. The van der Waals surface area contributed by atoms with Gasteiger partial charge in [-0.05, 0) is 28.0 Å². The fraction of sp³-hybridized carbons (Fsp3) is 0. The third-order valence-corrected chi connectivity index (χ3v) is 1.63. The van der Waals surface area contributed by atoms with Crippen molar-refractivity contribution in [2.45, 2.75) is 0 Å². The fourth-order valence-electron chi connectivity index (χ4n) is 0.652. The standard InChI is InChI=1S/C7H5BrN2/c8-7-3-1-2-6-4-9-5-10(6)7/h1-5H/i1D,2D,3D,4D,5D. The van der Waals surface area contributed by atoms with E-state index in [4.69, 9.17) is 6.85 Å². The van der Waals surface area contributed by atoms with Gasteiger partial charge in [0.25, 0.3) is 0 Å². The predicted octanol–water partition coefficient (Wildman–Crippen LogP) is 2.10. The van der Waals surface area contributed by atoms with Crippen LogP contribution in [0.4, 0.5) is 0 Å². The second kappa shape index (κ2) is 2.09. The molecule has 0 bridgehead atoms. The highest BCUT2D eigenvalue weighted by atomic mass is 79.9. The predicted molar refractivity (Wildman–Crippen MR) is 42.9 cm³/mol. The number of pyridine rings is 1. The van der Waals surface area contributed by atoms with Crippen LogP contribution in [0.3, 0.4) is 0 Å². The average molecular weight is 202 g/mol. The van der Waals surface area contributed by atoms with Gasteiger partial charge in [0.15, 0.2) is 0 Å². The Labute approximate surface area is 73.7 Å². The molecule has 0 N–H and O–H groups in total. The molecule has 0 aliphatic heterocycles. The van der Waals surface area contributed by atoms with E-state index < -0.39 is 0 Å². The van der Waals surface area contributed by atoms with Gasteiger partial charge in [-0.25, -0.2) is 4.98 Å². The minimum absolute atomic E-state index is 0.0767. The van der Waals surface area contributed by atoms with E-state index >= 15 is 0 Å². The summed E-state index contributed by atoms with van der Waals surface area (Å²) in [5.41, 5.74) is 0.0767. The van der Waals surface area contributed by atoms with Crippen molar-refractivity contribution in [3.8, 4) is 0 Å². The molecule has 0 spiro atoms. The lowest BCUT2D eigenvalue weighted by molar-refractivity contribution is 1.12. The minimum atomic E-state index is -0.275. The zero-order valence-corrected chi connectivity index (χ0v) is 6.36. The highest BCUT2D eigenvalue weighted by Gasteiger charge is 1.93. The van der Waals surface area contributed by atoms with Crippen LogP contribution in [-0.4, -0.2) is 9.38 Å². The van der Waals surface area contributed by atoms with Crippen molar-refractivity contribution in [3.05, 3.63) is 35.2 Å². The molecule has 3 heteroatoms. The summed E-state index contributed by atoms with van der Waals surface area (Å²) in [4.78, 5) is 3.57. The van der Waals surface area contributed by atoms with Crippen molar-refractivity contribution in [1.82, 2.24) is 9.38 Å². The Morgan fingerprint density at radius 3 is 3.40 bits per heavy atom. The third-order valence-electron chi connectivity index (χ3n) is 1.08. The van der Waals surface area contributed by atoms with Gasteiger partial charge in [-0.2, -0.15) is 0 Å². The number of halogens is 1. The Morgan fingerprint density at radius 1 is 1.60 bits per heavy atom. The van der Waals surface area contributed by atoms with Crippen molar-refractivity contribution < 1.29 is 6.85 Å². The van der Waals surface area contributed by atoms with E-state index in [-0.39, 0.29) is 40.7 Å². The van der Waals surface area contributed by atoms with Gasteiger partial charge in [-0.1, -0.05) is 6.04 Å². The molecule has 50 valence electrons. The molecule has 0 aliphatic rings. The van der Waals surface area contributed by atoms with E-state index in [1.54, 1.807) is 0 Å². The topological polar surface area (TPSA) is 17.3 Å². The second-order valence-electron chi connectivity index (χ2n) is 1.67. The van der Waals surface area contributed by atoms with Crippen LogP contribution < -0.4 is 0 Å². The van der Waals surface area contributed by atoms with Crippen molar-refractivity contribution in [3.63, 3.8) is 0 Å². The van der Waals surface area contributed by atoms with E-state index in [0.29, 0.717) is 0 Å². The Hall–Kier alpha value is -0.830. The molecule has 10 heavy (non-hydrogen) atoms. The number of nitrogens with zero attached hydrogens (tertiary/aromatic N) is 2. The molecule has 2 aromatic rings. The third kappa shape index (κ3) is 0.743. The zero-order valence-electron chi connectivity index (χ0n) is 9.77. The molecule has 0 radical (unpaired) electrons. The van der Waals surface area contributed by atoms with Gasteiger partial charge in [0.05, 0.1) is 21.8 Å². The van der Waals surface area contributed by atoms with Gasteiger partial charge in [0.2, 0.25) is 0 Å². The van der Waals surface area contributed by atoms with Gasteiger partial charge in [0.1, 0.15) is 7.67 Å². The molecule has 2 aromatic heterocycles. The largest absolute Gasteiger partial charge is 0.293 e. The van der Waals surface area contributed by atoms with Crippen molar-refractivity contribution >= 4 is 21.4 Å². The lowest BCUT2D eigenvalue weighted by Crippen LogP contribution is -1.81. The Balaban J connectivity index is 3.10. The van der Waals surface area contributed by atoms with Crippen molar-refractivity contribution in [2.75, 3.05) is 0 Å². The van der Waals surface area contributed by atoms with Crippen LogP contribution >= 0.6 is 15.9 Å². The van der Waals surface area contributed by atoms with E-state index in [1.807, 2.05) is 0 Å². The minimum Gasteiger partial charge on any atom is -0.293 e. The molecule has 0 unspecified atom stereocenters. The van der Waals surface area contributed by atoms with Crippen LogP contribution in [0, 0.1) is 0 Å². The average Bonchev–Trinajstić information content (AvgIpc) is 2.47. The van der Waals surface area contributed by atoms with Crippen LogP contribution in [0.1, 0.15) is 6.85 Å². The summed E-state index contributed by atoms with van der Waals surface area (Å²) in [6, 6.07) is -0.708.